The third-order valence-corrected chi connectivity index (χ3v) is 6.01. The molecule has 3 aliphatic rings. The van der Waals surface area contributed by atoms with Gasteiger partial charge in [-0.25, -0.2) is 0 Å². The number of aliphatic hydroxyl groups is 1. The van der Waals surface area contributed by atoms with E-state index in [-0.39, 0.29) is 11.5 Å². The summed E-state index contributed by atoms with van der Waals surface area (Å²) < 4.78 is 0. The highest BCUT2D eigenvalue weighted by Crippen LogP contribution is 2.57. The van der Waals surface area contributed by atoms with Crippen molar-refractivity contribution in [1.29, 1.82) is 0 Å². The highest BCUT2D eigenvalue weighted by atomic mass is 16.3. The van der Waals surface area contributed by atoms with Crippen molar-refractivity contribution in [3.8, 4) is 0 Å². The van der Waals surface area contributed by atoms with Crippen LogP contribution in [0.5, 0.6) is 0 Å². The fourth-order valence-corrected chi connectivity index (χ4v) is 4.83. The van der Waals surface area contributed by atoms with Gasteiger partial charge in [-0.15, -0.1) is 0 Å². The number of allylic oxidation sites excluding steroid dienone is 2. The summed E-state index contributed by atoms with van der Waals surface area (Å²) in [6, 6.07) is 8.93. The van der Waals surface area contributed by atoms with E-state index in [4.69, 9.17) is 0 Å². The predicted octanol–water partition coefficient (Wildman–Crippen LogP) is 4.98. The molecule has 0 bridgehead atoms. The Hall–Kier alpha value is -1.08. The Kier molecular flexibility index (Phi) is 3.96. The first-order chi connectivity index (χ1) is 10.2. The minimum Gasteiger partial charge on any atom is -0.393 e. The zero-order valence-electron chi connectivity index (χ0n) is 13.7. The van der Waals surface area contributed by atoms with Crippen LogP contribution in [-0.2, 0) is 6.42 Å². The third-order valence-electron chi connectivity index (χ3n) is 6.01. The summed E-state index contributed by atoms with van der Waals surface area (Å²) in [4.78, 5) is 0. The Balaban J connectivity index is 0.000000636. The molecule has 1 heteroatoms. The van der Waals surface area contributed by atoms with Crippen LogP contribution in [0.25, 0.3) is 5.57 Å². The molecule has 3 atom stereocenters. The van der Waals surface area contributed by atoms with E-state index in [1.54, 1.807) is 11.1 Å². The molecule has 4 rings (SSSR count). The maximum atomic E-state index is 10.3. The largest absolute Gasteiger partial charge is 0.393 e. The zero-order chi connectivity index (χ0) is 15.0. The first-order valence-electron chi connectivity index (χ1n) is 8.68. The molecule has 0 spiro atoms. The van der Waals surface area contributed by atoms with Crippen molar-refractivity contribution in [2.75, 3.05) is 0 Å². The number of aryl methyl sites for hydroxylation is 1. The summed E-state index contributed by atoms with van der Waals surface area (Å²) in [5, 5.41) is 10.3. The maximum Gasteiger partial charge on any atom is 0.0599 e. The van der Waals surface area contributed by atoms with E-state index in [1.165, 1.54) is 30.4 Å². The second-order valence-corrected chi connectivity index (χ2v) is 6.81. The lowest BCUT2D eigenvalue weighted by atomic mass is 9.62. The molecule has 0 heterocycles. The zero-order valence-corrected chi connectivity index (χ0v) is 13.7. The van der Waals surface area contributed by atoms with Crippen LogP contribution >= 0.6 is 0 Å². The van der Waals surface area contributed by atoms with Gasteiger partial charge in [0.15, 0.2) is 0 Å². The minimum atomic E-state index is -0.0799. The summed E-state index contributed by atoms with van der Waals surface area (Å²) in [7, 11) is 0. The SMILES string of the molecule is CC.C[C@@]12CCC3=C(CCc4ccccc43)[C@H]1CC[C@H]2O. The molecule has 0 unspecified atom stereocenters. The first-order valence-corrected chi connectivity index (χ1v) is 8.68. The van der Waals surface area contributed by atoms with E-state index in [0.717, 1.165) is 19.3 Å². The lowest BCUT2D eigenvalue weighted by Gasteiger charge is -2.43. The Labute approximate surface area is 129 Å². The van der Waals surface area contributed by atoms with Gasteiger partial charge >= 0.3 is 0 Å². The molecule has 0 amide bonds. The van der Waals surface area contributed by atoms with E-state index in [2.05, 4.69) is 31.2 Å². The quantitative estimate of drug-likeness (QED) is 0.712. The van der Waals surface area contributed by atoms with Crippen molar-refractivity contribution in [3.63, 3.8) is 0 Å². The lowest BCUT2D eigenvalue weighted by Crippen LogP contribution is -2.37. The van der Waals surface area contributed by atoms with Crippen molar-refractivity contribution in [1.82, 2.24) is 0 Å². The van der Waals surface area contributed by atoms with E-state index < -0.39 is 0 Å². The van der Waals surface area contributed by atoms with Gasteiger partial charge in [-0.2, -0.15) is 0 Å². The summed E-state index contributed by atoms with van der Waals surface area (Å²) in [5.41, 5.74) is 6.50. The summed E-state index contributed by atoms with van der Waals surface area (Å²) in [6.45, 7) is 6.32. The van der Waals surface area contributed by atoms with Gasteiger partial charge in [-0.05, 0) is 61.1 Å². The van der Waals surface area contributed by atoms with E-state index >= 15 is 0 Å². The van der Waals surface area contributed by atoms with Gasteiger partial charge in [0.1, 0.15) is 0 Å². The standard InChI is InChI=1S/C18H22O.C2H6/c1-18-11-10-14-13-5-3-2-4-12(13)6-7-15(14)16(18)8-9-17(18)19;1-2/h2-5,16-17,19H,6-11H2,1H3;1-2H3/t16-,17-,18-;/m1./s1. The second-order valence-electron chi connectivity index (χ2n) is 6.81. The Bertz CT molecular complexity index is 557. The molecule has 0 aromatic heterocycles. The Morgan fingerprint density at radius 1 is 1.05 bits per heavy atom. The Morgan fingerprint density at radius 2 is 1.81 bits per heavy atom. The fourth-order valence-electron chi connectivity index (χ4n) is 4.83. The molecule has 3 aliphatic carbocycles. The van der Waals surface area contributed by atoms with Gasteiger partial charge < -0.3 is 5.11 Å². The van der Waals surface area contributed by atoms with Crippen molar-refractivity contribution in [2.45, 2.75) is 65.4 Å². The first kappa shape index (κ1) is 14.8. The van der Waals surface area contributed by atoms with Crippen molar-refractivity contribution < 1.29 is 5.11 Å². The molecule has 0 saturated heterocycles. The summed E-state index contributed by atoms with van der Waals surface area (Å²) >= 11 is 0. The van der Waals surface area contributed by atoms with E-state index in [0.29, 0.717) is 5.92 Å². The molecular weight excluding hydrogens is 256 g/mol. The van der Waals surface area contributed by atoms with Crippen LogP contribution < -0.4 is 0 Å². The smallest absolute Gasteiger partial charge is 0.0599 e. The van der Waals surface area contributed by atoms with E-state index in [1.807, 2.05) is 13.8 Å². The van der Waals surface area contributed by atoms with Gasteiger partial charge in [0.2, 0.25) is 0 Å². The monoisotopic (exact) mass is 284 g/mol. The summed E-state index contributed by atoms with van der Waals surface area (Å²) in [5.74, 6) is 0.639. The molecule has 21 heavy (non-hydrogen) atoms. The molecule has 0 radical (unpaired) electrons. The normalized spacial score (nSPS) is 33.5. The van der Waals surface area contributed by atoms with Crippen LogP contribution in [0.3, 0.4) is 0 Å². The van der Waals surface area contributed by atoms with Crippen molar-refractivity contribution >= 4 is 5.57 Å². The molecule has 1 aromatic rings. The van der Waals surface area contributed by atoms with Gasteiger partial charge in [0.25, 0.3) is 0 Å². The highest BCUT2D eigenvalue weighted by molar-refractivity contribution is 5.74. The van der Waals surface area contributed by atoms with Gasteiger partial charge in [-0.3, -0.25) is 0 Å². The summed E-state index contributed by atoms with van der Waals surface area (Å²) in [6.07, 6.45) is 6.85. The molecule has 1 nitrogen and oxygen atoms in total. The van der Waals surface area contributed by atoms with Crippen LogP contribution in [-0.4, -0.2) is 11.2 Å². The molecule has 1 fully saturated rings. The molecule has 0 aliphatic heterocycles. The number of hydrogen-bond acceptors (Lipinski definition) is 1. The third kappa shape index (κ3) is 2.17. The maximum absolute atomic E-state index is 10.3. The van der Waals surface area contributed by atoms with Crippen LogP contribution in [0.2, 0.25) is 0 Å². The number of fused-ring (bicyclic) bond motifs is 4. The van der Waals surface area contributed by atoms with E-state index in [9.17, 15) is 5.11 Å². The number of aliphatic hydroxyl groups excluding tert-OH is 1. The van der Waals surface area contributed by atoms with Gasteiger partial charge in [-0.1, -0.05) is 50.6 Å². The minimum absolute atomic E-state index is 0.0799. The second kappa shape index (κ2) is 5.61. The van der Waals surface area contributed by atoms with Crippen LogP contribution in [0.1, 0.15) is 64.0 Å². The predicted molar refractivity (Wildman–Crippen MR) is 89.1 cm³/mol. The Morgan fingerprint density at radius 3 is 2.62 bits per heavy atom. The van der Waals surface area contributed by atoms with Gasteiger partial charge in [0.05, 0.1) is 6.10 Å². The number of hydrogen-bond donors (Lipinski definition) is 1. The van der Waals surface area contributed by atoms with Crippen LogP contribution in [0.4, 0.5) is 0 Å². The highest BCUT2D eigenvalue weighted by Gasteiger charge is 2.50. The number of rotatable bonds is 0. The fraction of sp³-hybridized carbons (Fsp3) is 0.600. The topological polar surface area (TPSA) is 20.2 Å². The van der Waals surface area contributed by atoms with Crippen molar-refractivity contribution in [3.05, 3.63) is 41.0 Å². The average molecular weight is 284 g/mol. The molecular formula is C20H28O. The molecule has 1 saturated carbocycles. The van der Waals surface area contributed by atoms with Crippen LogP contribution in [0.15, 0.2) is 29.8 Å². The molecule has 1 N–H and O–H groups in total. The number of benzene rings is 1. The molecule has 1 aromatic carbocycles. The molecule has 114 valence electrons. The van der Waals surface area contributed by atoms with Gasteiger partial charge in [0, 0.05) is 5.41 Å². The average Bonchev–Trinajstić information content (AvgIpc) is 2.85. The van der Waals surface area contributed by atoms with Crippen molar-refractivity contribution in [2.24, 2.45) is 11.3 Å². The van der Waals surface area contributed by atoms with Crippen LogP contribution in [0, 0.1) is 11.3 Å². The lowest BCUT2D eigenvalue weighted by molar-refractivity contribution is 0.0379.